The van der Waals surface area contributed by atoms with Gasteiger partial charge in [-0.3, -0.25) is 19.6 Å². The molecule has 11 heteroatoms. The first-order chi connectivity index (χ1) is 17.6. The van der Waals surface area contributed by atoms with Crippen LogP contribution in [-0.2, 0) is 19.3 Å². The number of benzene rings is 3. The van der Waals surface area contributed by atoms with Crippen molar-refractivity contribution in [1.29, 1.82) is 0 Å². The van der Waals surface area contributed by atoms with Gasteiger partial charge in [-0.2, -0.15) is 18.3 Å². The van der Waals surface area contributed by atoms with Gasteiger partial charge in [0.1, 0.15) is 12.4 Å². The predicted octanol–water partition coefficient (Wildman–Crippen LogP) is 6.00. The number of ether oxygens (including phenoxy) is 1. The summed E-state index contributed by atoms with van der Waals surface area (Å²) in [5.41, 5.74) is 1.63. The number of nitrogens with zero attached hydrogens (tertiary/aromatic N) is 3. The molecular weight excluding hydrogens is 489 g/mol. The number of anilines is 1. The number of nitrogens with one attached hydrogen (secondary N) is 1. The van der Waals surface area contributed by atoms with Crippen LogP contribution in [-0.4, -0.2) is 20.6 Å². The fraction of sp³-hybridized carbons (Fsp3) is 0.154. The molecule has 0 bridgehead atoms. The molecule has 190 valence electrons. The summed E-state index contributed by atoms with van der Waals surface area (Å²) in [5.74, 6) is 0.0674. The molecule has 0 spiro atoms. The van der Waals surface area contributed by atoms with Crippen LogP contribution in [0.4, 0.5) is 24.5 Å². The number of rotatable bonds is 8. The highest BCUT2D eigenvalue weighted by atomic mass is 19.4. The molecule has 0 saturated carbocycles. The Kier molecular flexibility index (Phi) is 7.23. The average molecular weight is 510 g/mol. The van der Waals surface area contributed by atoms with Crippen molar-refractivity contribution in [2.24, 2.45) is 0 Å². The van der Waals surface area contributed by atoms with Gasteiger partial charge in [0.25, 0.3) is 11.6 Å². The topological polar surface area (TPSA) is 99.3 Å². The Morgan fingerprint density at radius 1 is 1.08 bits per heavy atom. The maximum absolute atomic E-state index is 12.9. The minimum atomic E-state index is -4.43. The summed E-state index contributed by atoms with van der Waals surface area (Å²) in [4.78, 5) is 23.2. The lowest BCUT2D eigenvalue weighted by molar-refractivity contribution is -0.385. The monoisotopic (exact) mass is 510 g/mol. The van der Waals surface area contributed by atoms with Gasteiger partial charge in [-0.1, -0.05) is 24.3 Å². The van der Waals surface area contributed by atoms with Crippen LogP contribution in [0.5, 0.6) is 5.75 Å². The maximum atomic E-state index is 12.9. The fourth-order valence-corrected chi connectivity index (χ4v) is 3.64. The first kappa shape index (κ1) is 25.4. The molecule has 0 fully saturated rings. The first-order valence-electron chi connectivity index (χ1n) is 11.1. The van der Waals surface area contributed by atoms with Gasteiger partial charge in [-0.15, -0.1) is 0 Å². The Hall–Kier alpha value is -4.67. The normalized spacial score (nSPS) is 11.2. The number of carbonyl (C=O) groups excluding carboxylic acids is 1. The Morgan fingerprint density at radius 3 is 2.57 bits per heavy atom. The van der Waals surface area contributed by atoms with E-state index >= 15 is 0 Å². The second-order valence-corrected chi connectivity index (χ2v) is 8.27. The molecule has 0 aliphatic rings. The van der Waals surface area contributed by atoms with E-state index in [9.17, 15) is 28.1 Å². The summed E-state index contributed by atoms with van der Waals surface area (Å²) >= 11 is 0. The molecule has 8 nitrogen and oxygen atoms in total. The molecular formula is C26H21F3N4O4. The lowest BCUT2D eigenvalue weighted by Gasteiger charge is -2.09. The quantitative estimate of drug-likeness (QED) is 0.232. The second kappa shape index (κ2) is 10.5. The standard InChI is InChI=1S/C26H21F3N4O4/c1-17-10-23(8-9-24(17)33(35)36)37-16-19-5-2-6-20(11-19)25(34)31-22-13-30-32(15-22)14-18-4-3-7-21(12-18)26(27,28)29/h2-13,15H,14,16H2,1H3,(H,31,34). The van der Waals surface area contributed by atoms with E-state index in [2.05, 4.69) is 10.4 Å². The molecule has 4 rings (SSSR count). The number of aromatic nitrogens is 2. The van der Waals surface area contributed by atoms with Gasteiger partial charge in [0, 0.05) is 23.4 Å². The summed E-state index contributed by atoms with van der Waals surface area (Å²) in [5, 5.41) is 17.8. The van der Waals surface area contributed by atoms with E-state index in [1.807, 2.05) is 0 Å². The summed E-state index contributed by atoms with van der Waals surface area (Å²) in [6, 6.07) is 16.2. The van der Waals surface area contributed by atoms with Crippen molar-refractivity contribution in [2.75, 3.05) is 5.32 Å². The maximum Gasteiger partial charge on any atom is 0.416 e. The van der Waals surface area contributed by atoms with Gasteiger partial charge < -0.3 is 10.1 Å². The smallest absolute Gasteiger partial charge is 0.416 e. The van der Waals surface area contributed by atoms with Gasteiger partial charge in [0.05, 0.1) is 28.9 Å². The SMILES string of the molecule is Cc1cc(OCc2cccc(C(=O)Nc3cnn(Cc4cccc(C(F)(F)F)c4)c3)c2)ccc1[N+](=O)[O-]. The van der Waals surface area contributed by atoms with Crippen LogP contribution in [0, 0.1) is 17.0 Å². The van der Waals surface area contributed by atoms with Crippen LogP contribution < -0.4 is 10.1 Å². The molecule has 3 aromatic carbocycles. The summed E-state index contributed by atoms with van der Waals surface area (Å²) in [7, 11) is 0. The molecule has 37 heavy (non-hydrogen) atoms. The first-order valence-corrected chi connectivity index (χ1v) is 11.1. The third kappa shape index (κ3) is 6.51. The number of nitro benzene ring substituents is 1. The number of hydrogen-bond acceptors (Lipinski definition) is 5. The molecule has 0 aliphatic carbocycles. The predicted molar refractivity (Wildman–Crippen MR) is 129 cm³/mol. The Labute approximate surface area is 209 Å². The summed E-state index contributed by atoms with van der Waals surface area (Å²) < 4.78 is 46.0. The van der Waals surface area contributed by atoms with Crippen LogP contribution >= 0.6 is 0 Å². The molecule has 0 radical (unpaired) electrons. The number of halogens is 3. The van der Waals surface area contributed by atoms with E-state index < -0.39 is 22.6 Å². The van der Waals surface area contributed by atoms with Gasteiger partial charge in [0.15, 0.2) is 0 Å². The van der Waals surface area contributed by atoms with Crippen LogP contribution in [0.15, 0.2) is 79.1 Å². The Balaban J connectivity index is 1.37. The number of carbonyl (C=O) groups is 1. The number of amides is 1. The molecule has 0 saturated heterocycles. The van der Waals surface area contributed by atoms with E-state index in [0.717, 1.165) is 12.1 Å². The lowest BCUT2D eigenvalue weighted by Crippen LogP contribution is -2.12. The highest BCUT2D eigenvalue weighted by Crippen LogP contribution is 2.29. The zero-order valence-corrected chi connectivity index (χ0v) is 19.5. The number of alkyl halides is 3. The van der Waals surface area contributed by atoms with E-state index in [1.54, 1.807) is 43.3 Å². The van der Waals surface area contributed by atoms with E-state index in [0.29, 0.717) is 33.7 Å². The fourth-order valence-electron chi connectivity index (χ4n) is 3.64. The van der Waals surface area contributed by atoms with Gasteiger partial charge >= 0.3 is 6.18 Å². The molecule has 1 heterocycles. The second-order valence-electron chi connectivity index (χ2n) is 8.27. The molecule has 0 atom stereocenters. The molecule has 0 unspecified atom stereocenters. The van der Waals surface area contributed by atoms with Crippen molar-refractivity contribution in [3.8, 4) is 5.75 Å². The highest BCUT2D eigenvalue weighted by Gasteiger charge is 2.30. The van der Waals surface area contributed by atoms with Crippen molar-refractivity contribution in [1.82, 2.24) is 9.78 Å². The van der Waals surface area contributed by atoms with Crippen molar-refractivity contribution < 1.29 is 27.6 Å². The summed E-state index contributed by atoms with van der Waals surface area (Å²) in [6.45, 7) is 1.87. The van der Waals surface area contributed by atoms with Crippen LogP contribution in [0.1, 0.15) is 32.6 Å². The zero-order chi connectivity index (χ0) is 26.6. The van der Waals surface area contributed by atoms with E-state index in [1.165, 1.54) is 35.3 Å². The van der Waals surface area contributed by atoms with Crippen molar-refractivity contribution in [2.45, 2.75) is 26.3 Å². The molecule has 1 aromatic heterocycles. The minimum absolute atomic E-state index is 0.00386. The molecule has 0 aliphatic heterocycles. The highest BCUT2D eigenvalue weighted by molar-refractivity contribution is 6.04. The van der Waals surface area contributed by atoms with Crippen LogP contribution in [0.25, 0.3) is 0 Å². The Bertz CT molecular complexity index is 1450. The lowest BCUT2D eigenvalue weighted by atomic mass is 10.1. The third-order valence-electron chi connectivity index (χ3n) is 5.45. The van der Waals surface area contributed by atoms with Crippen molar-refractivity contribution >= 4 is 17.3 Å². The van der Waals surface area contributed by atoms with Gasteiger partial charge in [-0.25, -0.2) is 0 Å². The molecule has 1 N–H and O–H groups in total. The zero-order valence-electron chi connectivity index (χ0n) is 19.5. The van der Waals surface area contributed by atoms with Crippen molar-refractivity contribution in [3.63, 3.8) is 0 Å². The van der Waals surface area contributed by atoms with Gasteiger partial charge in [0.2, 0.25) is 0 Å². The van der Waals surface area contributed by atoms with Crippen molar-refractivity contribution in [3.05, 3.63) is 117 Å². The Morgan fingerprint density at radius 2 is 1.84 bits per heavy atom. The molecule has 4 aromatic rings. The van der Waals surface area contributed by atoms with Gasteiger partial charge in [-0.05, 0) is 54.4 Å². The molecule has 1 amide bonds. The average Bonchev–Trinajstić information content (AvgIpc) is 3.29. The number of hydrogen-bond donors (Lipinski definition) is 1. The number of nitro groups is 1. The van der Waals surface area contributed by atoms with E-state index in [-0.39, 0.29) is 18.8 Å². The van der Waals surface area contributed by atoms with Crippen LogP contribution in [0.2, 0.25) is 0 Å². The summed E-state index contributed by atoms with van der Waals surface area (Å²) in [6.07, 6.45) is -1.49. The third-order valence-corrected chi connectivity index (χ3v) is 5.45. The van der Waals surface area contributed by atoms with Crippen LogP contribution in [0.3, 0.4) is 0 Å². The van der Waals surface area contributed by atoms with E-state index in [4.69, 9.17) is 4.74 Å². The number of aryl methyl sites for hydroxylation is 1. The minimum Gasteiger partial charge on any atom is -0.489 e. The largest absolute Gasteiger partial charge is 0.489 e.